The molecule has 7 heteroatoms. The van der Waals surface area contributed by atoms with Crippen molar-refractivity contribution >= 4 is 17.7 Å². The standard InChI is InChI=1S/C11H13FN4OS/c1-16-10(13)14-15-11(16)18-6-7-3-4-9(17-2)8(12)5-7/h3-5H,6H2,1-2H3,(H2,13,14). The number of methoxy groups -OCH3 is 1. The molecule has 0 aliphatic carbocycles. The third-order valence-electron chi connectivity index (χ3n) is 2.45. The van der Waals surface area contributed by atoms with E-state index in [1.807, 2.05) is 6.07 Å². The van der Waals surface area contributed by atoms with Crippen LogP contribution in [0.25, 0.3) is 0 Å². The Kier molecular flexibility index (Phi) is 3.71. The molecule has 0 unspecified atom stereocenters. The minimum Gasteiger partial charge on any atom is -0.494 e. The van der Waals surface area contributed by atoms with Crippen molar-refractivity contribution in [1.82, 2.24) is 14.8 Å². The second kappa shape index (κ2) is 5.26. The number of hydrogen-bond donors (Lipinski definition) is 1. The van der Waals surface area contributed by atoms with Crippen LogP contribution in [0.15, 0.2) is 23.4 Å². The Morgan fingerprint density at radius 3 is 2.78 bits per heavy atom. The van der Waals surface area contributed by atoms with E-state index in [0.29, 0.717) is 16.9 Å². The van der Waals surface area contributed by atoms with E-state index in [1.165, 1.54) is 24.9 Å². The van der Waals surface area contributed by atoms with Gasteiger partial charge in [0.05, 0.1) is 7.11 Å². The molecule has 0 saturated heterocycles. The van der Waals surface area contributed by atoms with Crippen LogP contribution in [0, 0.1) is 5.82 Å². The molecule has 0 saturated carbocycles. The normalized spacial score (nSPS) is 10.6. The molecule has 5 nitrogen and oxygen atoms in total. The Morgan fingerprint density at radius 1 is 1.44 bits per heavy atom. The Hall–Kier alpha value is -1.76. The number of rotatable bonds is 4. The van der Waals surface area contributed by atoms with Gasteiger partial charge in [0.15, 0.2) is 16.7 Å². The third kappa shape index (κ3) is 2.56. The summed E-state index contributed by atoms with van der Waals surface area (Å²) in [6.45, 7) is 0. The molecule has 0 bridgehead atoms. The molecule has 0 radical (unpaired) electrons. The summed E-state index contributed by atoms with van der Waals surface area (Å²) in [5.74, 6) is 0.825. The summed E-state index contributed by atoms with van der Waals surface area (Å²) in [6, 6.07) is 4.87. The van der Waals surface area contributed by atoms with E-state index in [2.05, 4.69) is 10.2 Å². The van der Waals surface area contributed by atoms with Crippen LogP contribution in [0.5, 0.6) is 5.75 Å². The van der Waals surface area contributed by atoms with E-state index in [4.69, 9.17) is 10.5 Å². The number of anilines is 1. The first kappa shape index (κ1) is 12.7. The maximum atomic E-state index is 13.5. The lowest BCUT2D eigenvalue weighted by Crippen LogP contribution is -1.98. The van der Waals surface area contributed by atoms with E-state index in [0.717, 1.165) is 5.56 Å². The van der Waals surface area contributed by atoms with Crippen molar-refractivity contribution in [2.45, 2.75) is 10.9 Å². The summed E-state index contributed by atoms with van der Waals surface area (Å²) < 4.78 is 20.0. The highest BCUT2D eigenvalue weighted by Crippen LogP contribution is 2.24. The van der Waals surface area contributed by atoms with Crippen LogP contribution < -0.4 is 10.5 Å². The smallest absolute Gasteiger partial charge is 0.222 e. The molecule has 0 aliphatic rings. The Morgan fingerprint density at radius 2 is 2.22 bits per heavy atom. The number of ether oxygens (including phenoxy) is 1. The fourth-order valence-corrected chi connectivity index (χ4v) is 2.26. The van der Waals surface area contributed by atoms with Gasteiger partial charge in [-0.25, -0.2) is 4.39 Å². The summed E-state index contributed by atoms with van der Waals surface area (Å²) >= 11 is 1.45. The monoisotopic (exact) mass is 268 g/mol. The maximum absolute atomic E-state index is 13.5. The van der Waals surface area contributed by atoms with Crippen molar-refractivity contribution in [3.8, 4) is 5.75 Å². The Labute approximate surface area is 108 Å². The van der Waals surface area contributed by atoms with Gasteiger partial charge in [-0.15, -0.1) is 10.2 Å². The van der Waals surface area contributed by atoms with E-state index >= 15 is 0 Å². The fraction of sp³-hybridized carbons (Fsp3) is 0.273. The van der Waals surface area contributed by atoms with Gasteiger partial charge in [-0.1, -0.05) is 17.8 Å². The van der Waals surface area contributed by atoms with E-state index in [-0.39, 0.29) is 11.6 Å². The lowest BCUT2D eigenvalue weighted by atomic mass is 10.2. The number of nitrogens with two attached hydrogens (primary N) is 1. The van der Waals surface area contributed by atoms with Crippen molar-refractivity contribution in [3.05, 3.63) is 29.6 Å². The number of benzene rings is 1. The van der Waals surface area contributed by atoms with Gasteiger partial charge in [0, 0.05) is 12.8 Å². The average Bonchev–Trinajstić information content (AvgIpc) is 2.68. The second-order valence-corrected chi connectivity index (χ2v) is 4.60. The first-order valence-corrected chi connectivity index (χ1v) is 6.20. The summed E-state index contributed by atoms with van der Waals surface area (Å²) in [5, 5.41) is 8.37. The molecule has 1 heterocycles. The van der Waals surface area contributed by atoms with E-state index in [9.17, 15) is 4.39 Å². The molecule has 0 fully saturated rings. The second-order valence-electron chi connectivity index (χ2n) is 3.66. The van der Waals surface area contributed by atoms with Crippen molar-refractivity contribution in [2.75, 3.05) is 12.8 Å². The number of thioether (sulfide) groups is 1. The van der Waals surface area contributed by atoms with Gasteiger partial charge in [0.1, 0.15) is 0 Å². The number of aromatic nitrogens is 3. The van der Waals surface area contributed by atoms with Gasteiger partial charge in [0.2, 0.25) is 5.95 Å². The third-order valence-corrected chi connectivity index (χ3v) is 3.54. The van der Waals surface area contributed by atoms with Gasteiger partial charge < -0.3 is 10.5 Å². The van der Waals surface area contributed by atoms with Gasteiger partial charge in [-0.3, -0.25) is 4.57 Å². The zero-order chi connectivity index (χ0) is 13.1. The topological polar surface area (TPSA) is 66.0 Å². The summed E-state index contributed by atoms with van der Waals surface area (Å²) in [4.78, 5) is 0. The molecule has 2 N–H and O–H groups in total. The zero-order valence-corrected chi connectivity index (χ0v) is 10.9. The Balaban J connectivity index is 2.06. The summed E-state index contributed by atoms with van der Waals surface area (Å²) in [5.41, 5.74) is 6.42. The molecule has 0 atom stereocenters. The minimum absolute atomic E-state index is 0.242. The number of hydrogen-bond acceptors (Lipinski definition) is 5. The molecule has 18 heavy (non-hydrogen) atoms. The number of halogens is 1. The highest BCUT2D eigenvalue weighted by atomic mass is 32.2. The van der Waals surface area contributed by atoms with Crippen LogP contribution in [-0.4, -0.2) is 21.9 Å². The SMILES string of the molecule is COc1ccc(CSc2nnc(N)n2C)cc1F. The van der Waals surface area contributed by atoms with Crippen molar-refractivity contribution < 1.29 is 9.13 Å². The van der Waals surface area contributed by atoms with E-state index < -0.39 is 0 Å². The zero-order valence-electron chi connectivity index (χ0n) is 10.1. The largest absolute Gasteiger partial charge is 0.494 e. The quantitative estimate of drug-likeness (QED) is 0.857. The van der Waals surface area contributed by atoms with Crippen LogP contribution in [0.4, 0.5) is 10.3 Å². The maximum Gasteiger partial charge on any atom is 0.222 e. The lowest BCUT2D eigenvalue weighted by Gasteiger charge is -2.05. The van der Waals surface area contributed by atoms with Crippen molar-refractivity contribution in [2.24, 2.45) is 7.05 Å². The van der Waals surface area contributed by atoms with Crippen molar-refractivity contribution in [3.63, 3.8) is 0 Å². The molecule has 0 amide bonds. The van der Waals surface area contributed by atoms with Crippen LogP contribution in [0.3, 0.4) is 0 Å². The van der Waals surface area contributed by atoms with E-state index in [1.54, 1.807) is 17.7 Å². The fourth-order valence-electron chi connectivity index (χ4n) is 1.40. The van der Waals surface area contributed by atoms with Crippen LogP contribution in [0.2, 0.25) is 0 Å². The van der Waals surface area contributed by atoms with Gasteiger partial charge in [0.25, 0.3) is 0 Å². The average molecular weight is 268 g/mol. The molecule has 0 aliphatic heterocycles. The van der Waals surface area contributed by atoms with Gasteiger partial charge >= 0.3 is 0 Å². The minimum atomic E-state index is -0.368. The number of nitrogen functional groups attached to an aromatic ring is 1. The molecule has 2 rings (SSSR count). The summed E-state index contributed by atoms with van der Waals surface area (Å²) in [7, 11) is 3.22. The molecule has 1 aromatic carbocycles. The number of nitrogens with zero attached hydrogens (tertiary/aromatic N) is 3. The predicted octanol–water partition coefficient (Wildman–Crippen LogP) is 1.84. The summed E-state index contributed by atoms with van der Waals surface area (Å²) in [6.07, 6.45) is 0. The van der Waals surface area contributed by atoms with Crippen LogP contribution in [0.1, 0.15) is 5.56 Å². The first-order valence-electron chi connectivity index (χ1n) is 5.22. The highest BCUT2D eigenvalue weighted by molar-refractivity contribution is 7.98. The predicted molar refractivity (Wildman–Crippen MR) is 67.9 cm³/mol. The first-order chi connectivity index (χ1) is 8.61. The molecule has 96 valence electrons. The van der Waals surface area contributed by atoms with Gasteiger partial charge in [-0.2, -0.15) is 0 Å². The molecule has 2 aromatic rings. The molecular weight excluding hydrogens is 255 g/mol. The van der Waals surface area contributed by atoms with Gasteiger partial charge in [-0.05, 0) is 17.7 Å². The van der Waals surface area contributed by atoms with Crippen LogP contribution >= 0.6 is 11.8 Å². The molecule has 0 spiro atoms. The lowest BCUT2D eigenvalue weighted by molar-refractivity contribution is 0.386. The molecular formula is C11H13FN4OS. The Bertz CT molecular complexity index is 558. The van der Waals surface area contributed by atoms with Crippen LogP contribution in [-0.2, 0) is 12.8 Å². The molecule has 1 aromatic heterocycles. The van der Waals surface area contributed by atoms with Crippen molar-refractivity contribution in [1.29, 1.82) is 0 Å². The highest BCUT2D eigenvalue weighted by Gasteiger charge is 2.08.